The van der Waals surface area contributed by atoms with Crippen molar-refractivity contribution in [2.24, 2.45) is 0 Å². The molecule has 0 fully saturated rings. The Labute approximate surface area is 108 Å². The van der Waals surface area contributed by atoms with Gasteiger partial charge in [-0.15, -0.1) is 0 Å². The van der Waals surface area contributed by atoms with Crippen LogP contribution in [0, 0.1) is 0 Å². The molecule has 1 amide bonds. The molecule has 0 saturated heterocycles. The Morgan fingerprint density at radius 2 is 2.22 bits per heavy atom. The first-order valence-electron chi connectivity index (χ1n) is 6.19. The second-order valence-electron chi connectivity index (χ2n) is 5.37. The molecule has 0 aliphatic rings. The third kappa shape index (κ3) is 6.30. The van der Waals surface area contributed by atoms with Gasteiger partial charge in [-0.2, -0.15) is 0 Å². The van der Waals surface area contributed by atoms with E-state index in [1.165, 1.54) is 0 Å². The van der Waals surface area contributed by atoms with Crippen molar-refractivity contribution < 1.29 is 9.53 Å². The zero-order valence-corrected chi connectivity index (χ0v) is 11.5. The second-order valence-corrected chi connectivity index (χ2v) is 5.37. The van der Waals surface area contributed by atoms with Gasteiger partial charge in [0.1, 0.15) is 5.60 Å². The molecular formula is C13H23N3O2. The number of carbonyl (C=O) groups is 1. The number of carbonyl (C=O) groups excluding carboxylic acids is 1. The number of rotatable bonds is 5. The number of aromatic nitrogens is 1. The van der Waals surface area contributed by atoms with Crippen LogP contribution in [0.3, 0.4) is 0 Å². The number of ether oxygens (including phenoxy) is 1. The molecule has 1 aromatic heterocycles. The fourth-order valence-electron chi connectivity index (χ4n) is 1.46. The van der Waals surface area contributed by atoms with E-state index < -0.39 is 5.60 Å². The predicted octanol–water partition coefficient (Wildman–Crippen LogP) is 2.02. The average molecular weight is 253 g/mol. The van der Waals surface area contributed by atoms with Crippen LogP contribution in [0.1, 0.15) is 33.4 Å². The number of aromatic amines is 1. The van der Waals surface area contributed by atoms with E-state index in [1.54, 1.807) is 0 Å². The van der Waals surface area contributed by atoms with Gasteiger partial charge in [-0.25, -0.2) is 4.79 Å². The first-order chi connectivity index (χ1) is 8.37. The Bertz CT molecular complexity index is 355. The minimum Gasteiger partial charge on any atom is -0.444 e. The number of H-pyrrole nitrogens is 1. The molecule has 5 heteroatoms. The molecule has 0 aromatic carbocycles. The van der Waals surface area contributed by atoms with E-state index in [9.17, 15) is 4.79 Å². The highest BCUT2D eigenvalue weighted by molar-refractivity contribution is 5.68. The van der Waals surface area contributed by atoms with Crippen molar-refractivity contribution in [2.75, 3.05) is 6.54 Å². The van der Waals surface area contributed by atoms with Gasteiger partial charge in [0.15, 0.2) is 0 Å². The van der Waals surface area contributed by atoms with E-state index in [-0.39, 0.29) is 12.1 Å². The van der Waals surface area contributed by atoms with Crippen molar-refractivity contribution in [3.05, 3.63) is 24.0 Å². The number of hydrogen-bond donors (Lipinski definition) is 3. The predicted molar refractivity (Wildman–Crippen MR) is 71.3 cm³/mol. The molecule has 1 unspecified atom stereocenters. The summed E-state index contributed by atoms with van der Waals surface area (Å²) < 4.78 is 5.18. The first kappa shape index (κ1) is 14.6. The van der Waals surface area contributed by atoms with Crippen LogP contribution in [-0.4, -0.2) is 29.3 Å². The lowest BCUT2D eigenvalue weighted by molar-refractivity contribution is 0.0508. The van der Waals surface area contributed by atoms with Gasteiger partial charge in [0.2, 0.25) is 0 Å². The van der Waals surface area contributed by atoms with Crippen LogP contribution < -0.4 is 10.6 Å². The maximum Gasteiger partial charge on any atom is 0.407 e. The summed E-state index contributed by atoms with van der Waals surface area (Å²) in [5.41, 5.74) is 0.668. The molecule has 18 heavy (non-hydrogen) atoms. The summed E-state index contributed by atoms with van der Waals surface area (Å²) in [6.45, 7) is 8.93. The van der Waals surface area contributed by atoms with Gasteiger partial charge < -0.3 is 20.4 Å². The Hall–Kier alpha value is -1.49. The highest BCUT2D eigenvalue weighted by Crippen LogP contribution is 2.06. The third-order valence-electron chi connectivity index (χ3n) is 2.19. The fourth-order valence-corrected chi connectivity index (χ4v) is 1.46. The van der Waals surface area contributed by atoms with E-state index in [2.05, 4.69) is 15.6 Å². The summed E-state index contributed by atoms with van der Waals surface area (Å²) in [6, 6.07) is 3.99. The Morgan fingerprint density at radius 1 is 1.50 bits per heavy atom. The molecule has 0 aliphatic heterocycles. The Kier molecular flexibility index (Phi) is 5.22. The van der Waals surface area contributed by atoms with Gasteiger partial charge >= 0.3 is 6.09 Å². The molecule has 102 valence electrons. The van der Waals surface area contributed by atoms with Gasteiger partial charge in [0.05, 0.1) is 0 Å². The first-order valence-corrected chi connectivity index (χ1v) is 6.19. The summed E-state index contributed by atoms with van der Waals surface area (Å²) in [5, 5.41) is 6.04. The van der Waals surface area contributed by atoms with Crippen molar-refractivity contribution in [1.29, 1.82) is 0 Å². The van der Waals surface area contributed by atoms with Crippen molar-refractivity contribution in [2.45, 2.75) is 45.9 Å². The van der Waals surface area contributed by atoms with Crippen molar-refractivity contribution in [1.82, 2.24) is 15.6 Å². The largest absolute Gasteiger partial charge is 0.444 e. The van der Waals surface area contributed by atoms with E-state index in [4.69, 9.17) is 4.74 Å². The molecule has 5 nitrogen and oxygen atoms in total. The van der Waals surface area contributed by atoms with Crippen molar-refractivity contribution >= 4 is 6.09 Å². The lowest BCUT2D eigenvalue weighted by Crippen LogP contribution is -2.42. The van der Waals surface area contributed by atoms with E-state index >= 15 is 0 Å². The molecular weight excluding hydrogens is 230 g/mol. The standard InChI is InChI=1S/C13H23N3O2/c1-10(16-12(17)18-13(2,3)4)8-14-9-11-6-5-7-15-11/h5-7,10,14-15H,8-9H2,1-4H3,(H,16,17). The molecule has 3 N–H and O–H groups in total. The van der Waals surface area contributed by atoms with Crippen LogP contribution >= 0.6 is 0 Å². The van der Waals surface area contributed by atoms with Gasteiger partial charge in [-0.1, -0.05) is 0 Å². The molecule has 1 aromatic rings. The number of nitrogens with one attached hydrogen (secondary N) is 3. The molecule has 0 radical (unpaired) electrons. The maximum absolute atomic E-state index is 11.5. The SMILES string of the molecule is CC(CNCc1ccc[nH]1)NC(=O)OC(C)(C)C. The number of amides is 1. The van der Waals surface area contributed by atoms with Gasteiger partial charge in [0, 0.05) is 31.0 Å². The zero-order chi connectivity index (χ0) is 13.6. The van der Waals surface area contributed by atoms with Crippen LogP contribution in [0.5, 0.6) is 0 Å². The van der Waals surface area contributed by atoms with Crippen LogP contribution in [0.25, 0.3) is 0 Å². The highest BCUT2D eigenvalue weighted by Gasteiger charge is 2.17. The van der Waals surface area contributed by atoms with Crippen LogP contribution in [0.15, 0.2) is 18.3 Å². The molecule has 1 atom stereocenters. The molecule has 0 aliphatic carbocycles. The third-order valence-corrected chi connectivity index (χ3v) is 2.19. The summed E-state index contributed by atoms with van der Waals surface area (Å²) in [5.74, 6) is 0. The van der Waals surface area contributed by atoms with E-state index in [0.717, 1.165) is 12.2 Å². The quantitative estimate of drug-likeness (QED) is 0.752. The maximum atomic E-state index is 11.5. The van der Waals surface area contributed by atoms with Crippen LogP contribution in [0.2, 0.25) is 0 Å². The minimum atomic E-state index is -0.457. The van der Waals surface area contributed by atoms with E-state index in [1.807, 2.05) is 46.0 Å². The number of hydrogen-bond acceptors (Lipinski definition) is 3. The Balaban J connectivity index is 2.17. The molecule has 1 heterocycles. The van der Waals surface area contributed by atoms with Gasteiger partial charge in [0.25, 0.3) is 0 Å². The molecule has 0 saturated carbocycles. The van der Waals surface area contributed by atoms with Crippen molar-refractivity contribution in [3.63, 3.8) is 0 Å². The molecule has 0 spiro atoms. The number of alkyl carbamates (subject to hydrolysis) is 1. The Morgan fingerprint density at radius 3 is 2.78 bits per heavy atom. The summed E-state index contributed by atoms with van der Waals surface area (Å²) in [7, 11) is 0. The summed E-state index contributed by atoms with van der Waals surface area (Å²) in [6.07, 6.45) is 1.51. The topological polar surface area (TPSA) is 66.2 Å². The normalized spacial score (nSPS) is 13.1. The second kappa shape index (κ2) is 6.44. The highest BCUT2D eigenvalue weighted by atomic mass is 16.6. The van der Waals surface area contributed by atoms with Crippen molar-refractivity contribution in [3.8, 4) is 0 Å². The monoisotopic (exact) mass is 253 g/mol. The lowest BCUT2D eigenvalue weighted by Gasteiger charge is -2.22. The molecule has 0 bridgehead atoms. The van der Waals surface area contributed by atoms with Crippen LogP contribution in [0.4, 0.5) is 4.79 Å². The minimum absolute atomic E-state index is 0.0230. The summed E-state index contributed by atoms with van der Waals surface area (Å²) >= 11 is 0. The van der Waals surface area contributed by atoms with Gasteiger partial charge in [-0.3, -0.25) is 0 Å². The van der Waals surface area contributed by atoms with Crippen LogP contribution in [-0.2, 0) is 11.3 Å². The van der Waals surface area contributed by atoms with Gasteiger partial charge in [-0.05, 0) is 39.8 Å². The lowest BCUT2D eigenvalue weighted by atomic mass is 10.2. The zero-order valence-electron chi connectivity index (χ0n) is 11.5. The smallest absolute Gasteiger partial charge is 0.407 e. The fraction of sp³-hybridized carbons (Fsp3) is 0.615. The summed E-state index contributed by atoms with van der Waals surface area (Å²) in [4.78, 5) is 14.6. The average Bonchev–Trinajstić information content (AvgIpc) is 2.66. The van der Waals surface area contributed by atoms with E-state index in [0.29, 0.717) is 6.54 Å². The molecule has 1 rings (SSSR count).